The summed E-state index contributed by atoms with van der Waals surface area (Å²) in [5, 5.41) is 6.27. The van der Waals surface area contributed by atoms with Crippen LogP contribution in [-0.2, 0) is 6.54 Å². The number of aryl methyl sites for hydroxylation is 1. The lowest BCUT2D eigenvalue weighted by Gasteiger charge is -2.08. The van der Waals surface area contributed by atoms with Crippen molar-refractivity contribution in [2.24, 2.45) is 0 Å². The summed E-state index contributed by atoms with van der Waals surface area (Å²) in [6.07, 6.45) is 0. The Hall–Kier alpha value is -2.00. The molecule has 2 rings (SSSR count). The smallest absolute Gasteiger partial charge is 0.319 e. The fourth-order valence-corrected chi connectivity index (χ4v) is 1.81. The summed E-state index contributed by atoms with van der Waals surface area (Å²) >= 11 is 5.80. The Labute approximate surface area is 117 Å². The van der Waals surface area contributed by atoms with E-state index in [1.165, 1.54) is 0 Å². The zero-order chi connectivity index (χ0) is 13.7. The van der Waals surface area contributed by atoms with Gasteiger partial charge < -0.3 is 10.6 Å². The molecule has 0 heterocycles. The number of nitrogens with one attached hydrogen (secondary N) is 2. The second-order valence-electron chi connectivity index (χ2n) is 4.30. The van der Waals surface area contributed by atoms with Crippen LogP contribution >= 0.6 is 11.6 Å². The highest BCUT2D eigenvalue weighted by Gasteiger charge is 2.01. The van der Waals surface area contributed by atoms with Gasteiger partial charge in [0, 0.05) is 17.3 Å². The van der Waals surface area contributed by atoms with Crippen molar-refractivity contribution in [2.75, 3.05) is 5.32 Å². The molecule has 0 saturated carbocycles. The predicted octanol–water partition coefficient (Wildman–Crippen LogP) is 3.97. The van der Waals surface area contributed by atoms with Crippen molar-refractivity contribution in [3.05, 3.63) is 64.7 Å². The summed E-state index contributed by atoms with van der Waals surface area (Å²) in [6.45, 7) is 2.45. The highest BCUT2D eigenvalue weighted by molar-refractivity contribution is 6.30. The van der Waals surface area contributed by atoms with Gasteiger partial charge in [0.15, 0.2) is 0 Å². The molecule has 2 amide bonds. The third-order valence-electron chi connectivity index (χ3n) is 2.64. The number of hydrogen-bond donors (Lipinski definition) is 2. The summed E-state index contributed by atoms with van der Waals surface area (Å²) in [4.78, 5) is 11.7. The SMILES string of the molecule is Cc1cccc(NC(=O)NCc2ccc(Cl)cc2)c1. The van der Waals surface area contributed by atoms with Gasteiger partial charge in [0.1, 0.15) is 0 Å². The zero-order valence-electron chi connectivity index (χ0n) is 10.6. The van der Waals surface area contributed by atoms with Crippen molar-refractivity contribution in [1.29, 1.82) is 0 Å². The van der Waals surface area contributed by atoms with E-state index in [4.69, 9.17) is 11.6 Å². The van der Waals surface area contributed by atoms with Crippen LogP contribution in [0.25, 0.3) is 0 Å². The summed E-state index contributed by atoms with van der Waals surface area (Å²) in [5.41, 5.74) is 2.90. The molecule has 0 unspecified atom stereocenters. The quantitative estimate of drug-likeness (QED) is 0.874. The van der Waals surface area contributed by atoms with E-state index in [0.717, 1.165) is 16.8 Å². The van der Waals surface area contributed by atoms with Crippen LogP contribution in [0.4, 0.5) is 10.5 Å². The maximum absolute atomic E-state index is 11.7. The summed E-state index contributed by atoms with van der Waals surface area (Å²) in [7, 11) is 0. The molecule has 19 heavy (non-hydrogen) atoms. The van der Waals surface area contributed by atoms with Gasteiger partial charge >= 0.3 is 6.03 Å². The first-order valence-corrected chi connectivity index (χ1v) is 6.37. The Kier molecular flexibility index (Phi) is 4.42. The maximum Gasteiger partial charge on any atom is 0.319 e. The monoisotopic (exact) mass is 274 g/mol. The van der Waals surface area contributed by atoms with Crippen LogP contribution in [0, 0.1) is 6.92 Å². The molecule has 0 saturated heterocycles. The second-order valence-corrected chi connectivity index (χ2v) is 4.74. The molecule has 0 spiro atoms. The number of halogens is 1. The van der Waals surface area contributed by atoms with Crippen molar-refractivity contribution in [2.45, 2.75) is 13.5 Å². The molecule has 2 N–H and O–H groups in total. The number of carbonyl (C=O) groups excluding carboxylic acids is 1. The number of amides is 2. The van der Waals surface area contributed by atoms with Gasteiger partial charge in [-0.1, -0.05) is 35.9 Å². The summed E-state index contributed by atoms with van der Waals surface area (Å²) in [6, 6.07) is 14.8. The molecular weight excluding hydrogens is 260 g/mol. The van der Waals surface area contributed by atoms with Gasteiger partial charge in [0.2, 0.25) is 0 Å². The van der Waals surface area contributed by atoms with Crippen LogP contribution in [0.5, 0.6) is 0 Å². The van der Waals surface area contributed by atoms with Gasteiger partial charge in [-0.05, 0) is 42.3 Å². The first-order valence-electron chi connectivity index (χ1n) is 5.99. The van der Waals surface area contributed by atoms with E-state index in [9.17, 15) is 4.79 Å². The molecule has 0 aliphatic rings. The Morgan fingerprint density at radius 3 is 2.58 bits per heavy atom. The summed E-state index contributed by atoms with van der Waals surface area (Å²) < 4.78 is 0. The molecule has 0 aromatic heterocycles. The number of anilines is 1. The van der Waals surface area contributed by atoms with Gasteiger partial charge in [-0.2, -0.15) is 0 Å². The van der Waals surface area contributed by atoms with Crippen LogP contribution in [0.3, 0.4) is 0 Å². The second kappa shape index (κ2) is 6.25. The highest BCUT2D eigenvalue weighted by atomic mass is 35.5. The standard InChI is InChI=1S/C15H15ClN2O/c1-11-3-2-4-14(9-11)18-15(19)17-10-12-5-7-13(16)8-6-12/h2-9H,10H2,1H3,(H2,17,18,19). The van der Waals surface area contributed by atoms with Gasteiger partial charge in [0.05, 0.1) is 0 Å². The molecule has 0 bridgehead atoms. The number of urea groups is 1. The third kappa shape index (κ3) is 4.30. The minimum atomic E-state index is -0.222. The molecule has 0 fully saturated rings. The number of carbonyl (C=O) groups is 1. The van der Waals surface area contributed by atoms with Crippen LogP contribution in [0.2, 0.25) is 5.02 Å². The van der Waals surface area contributed by atoms with Gasteiger partial charge in [-0.15, -0.1) is 0 Å². The number of rotatable bonds is 3. The van der Waals surface area contributed by atoms with Crippen molar-refractivity contribution in [1.82, 2.24) is 5.32 Å². The third-order valence-corrected chi connectivity index (χ3v) is 2.89. The van der Waals surface area contributed by atoms with Gasteiger partial charge in [0.25, 0.3) is 0 Å². The fraction of sp³-hybridized carbons (Fsp3) is 0.133. The average Bonchev–Trinajstić information content (AvgIpc) is 2.38. The predicted molar refractivity (Wildman–Crippen MR) is 78.5 cm³/mol. The molecule has 3 nitrogen and oxygen atoms in total. The lowest BCUT2D eigenvalue weighted by Crippen LogP contribution is -2.28. The molecule has 2 aromatic rings. The van der Waals surface area contributed by atoms with E-state index in [2.05, 4.69) is 10.6 Å². The Morgan fingerprint density at radius 1 is 1.16 bits per heavy atom. The van der Waals surface area contributed by atoms with E-state index in [1.807, 2.05) is 43.3 Å². The van der Waals surface area contributed by atoms with E-state index < -0.39 is 0 Å². The van der Waals surface area contributed by atoms with Crippen LogP contribution in [-0.4, -0.2) is 6.03 Å². The van der Waals surface area contributed by atoms with E-state index in [0.29, 0.717) is 11.6 Å². The molecule has 0 aliphatic heterocycles. The molecule has 2 aromatic carbocycles. The lowest BCUT2D eigenvalue weighted by atomic mass is 10.2. The Bertz CT molecular complexity index is 567. The normalized spacial score (nSPS) is 10.0. The minimum Gasteiger partial charge on any atom is -0.334 e. The van der Waals surface area contributed by atoms with Gasteiger partial charge in [-0.3, -0.25) is 0 Å². The van der Waals surface area contributed by atoms with E-state index in [1.54, 1.807) is 12.1 Å². The number of hydrogen-bond acceptors (Lipinski definition) is 1. The molecule has 0 aliphatic carbocycles. The van der Waals surface area contributed by atoms with Crippen molar-refractivity contribution in [3.63, 3.8) is 0 Å². The zero-order valence-corrected chi connectivity index (χ0v) is 11.4. The van der Waals surface area contributed by atoms with E-state index >= 15 is 0 Å². The van der Waals surface area contributed by atoms with Crippen LogP contribution in [0.15, 0.2) is 48.5 Å². The van der Waals surface area contributed by atoms with Crippen LogP contribution < -0.4 is 10.6 Å². The van der Waals surface area contributed by atoms with Gasteiger partial charge in [-0.25, -0.2) is 4.79 Å². The van der Waals surface area contributed by atoms with Crippen molar-refractivity contribution >= 4 is 23.3 Å². The lowest BCUT2D eigenvalue weighted by molar-refractivity contribution is 0.251. The average molecular weight is 275 g/mol. The van der Waals surface area contributed by atoms with Crippen molar-refractivity contribution < 1.29 is 4.79 Å². The Morgan fingerprint density at radius 2 is 1.89 bits per heavy atom. The Balaban J connectivity index is 1.86. The molecule has 4 heteroatoms. The molecule has 0 atom stereocenters. The first-order chi connectivity index (χ1) is 9.13. The maximum atomic E-state index is 11.7. The first kappa shape index (κ1) is 13.4. The topological polar surface area (TPSA) is 41.1 Å². The number of benzene rings is 2. The largest absolute Gasteiger partial charge is 0.334 e. The van der Waals surface area contributed by atoms with Crippen molar-refractivity contribution in [3.8, 4) is 0 Å². The van der Waals surface area contributed by atoms with Crippen LogP contribution in [0.1, 0.15) is 11.1 Å². The fourth-order valence-electron chi connectivity index (χ4n) is 1.68. The minimum absolute atomic E-state index is 0.222. The molecule has 0 radical (unpaired) electrons. The highest BCUT2D eigenvalue weighted by Crippen LogP contribution is 2.10. The van der Waals surface area contributed by atoms with E-state index in [-0.39, 0.29) is 6.03 Å². The molecular formula is C15H15ClN2O. The molecule has 98 valence electrons. The summed E-state index contributed by atoms with van der Waals surface area (Å²) in [5.74, 6) is 0.